The highest BCUT2D eigenvalue weighted by atomic mass is 35.5. The number of aliphatic imine (C=N–C) groups is 1. The number of carbonyl (C=O) groups is 2. The first-order chi connectivity index (χ1) is 15.5. The first-order valence-corrected chi connectivity index (χ1v) is 10.7. The summed E-state index contributed by atoms with van der Waals surface area (Å²) >= 11 is 7.10. The molecule has 8 heteroatoms. The van der Waals surface area contributed by atoms with Crippen molar-refractivity contribution in [2.24, 2.45) is 4.99 Å². The second-order valence-electron chi connectivity index (χ2n) is 6.62. The van der Waals surface area contributed by atoms with Crippen molar-refractivity contribution in [3.8, 4) is 11.5 Å². The second-order valence-corrected chi connectivity index (χ2v) is 8.09. The van der Waals surface area contributed by atoms with E-state index in [2.05, 4.69) is 10.3 Å². The molecular formula is C24H17ClN2O4S. The van der Waals surface area contributed by atoms with E-state index in [1.807, 2.05) is 30.3 Å². The standard InChI is InChI=1S/C24H17ClN2O4S/c1-30-20-13-15(7-12-19(20)31-23(29)16-8-10-17(25)11-9-16)14-21-22(28)27-24(32-21)26-18-5-3-2-4-6-18/h2-14H,1H3,(H,26,27,28)/b21-14+. The molecular weight excluding hydrogens is 448 g/mol. The molecule has 1 heterocycles. The summed E-state index contributed by atoms with van der Waals surface area (Å²) < 4.78 is 10.8. The van der Waals surface area contributed by atoms with Crippen LogP contribution in [0.1, 0.15) is 15.9 Å². The summed E-state index contributed by atoms with van der Waals surface area (Å²) in [5, 5.41) is 3.79. The number of hydrogen-bond acceptors (Lipinski definition) is 6. The molecule has 160 valence electrons. The van der Waals surface area contributed by atoms with Gasteiger partial charge in [-0.05, 0) is 71.9 Å². The van der Waals surface area contributed by atoms with Gasteiger partial charge in [0.25, 0.3) is 5.91 Å². The van der Waals surface area contributed by atoms with E-state index in [0.717, 1.165) is 5.69 Å². The van der Waals surface area contributed by atoms with Crippen LogP contribution < -0.4 is 14.8 Å². The van der Waals surface area contributed by atoms with Gasteiger partial charge in [0.1, 0.15) is 0 Å². The Bertz CT molecular complexity index is 1220. The number of esters is 1. The van der Waals surface area contributed by atoms with Crippen LogP contribution in [-0.2, 0) is 4.79 Å². The quantitative estimate of drug-likeness (QED) is 0.308. The van der Waals surface area contributed by atoms with Gasteiger partial charge < -0.3 is 14.8 Å². The average Bonchev–Trinajstić information content (AvgIpc) is 3.14. The van der Waals surface area contributed by atoms with Crippen LogP contribution >= 0.6 is 23.4 Å². The van der Waals surface area contributed by atoms with Gasteiger partial charge in [-0.2, -0.15) is 0 Å². The van der Waals surface area contributed by atoms with Crippen LogP contribution in [0.2, 0.25) is 5.02 Å². The highest BCUT2D eigenvalue weighted by Gasteiger charge is 2.24. The number of carbonyl (C=O) groups excluding carboxylic acids is 2. The van der Waals surface area contributed by atoms with Gasteiger partial charge in [0.15, 0.2) is 16.7 Å². The Morgan fingerprint density at radius 2 is 1.78 bits per heavy atom. The molecule has 3 aromatic carbocycles. The number of nitrogens with one attached hydrogen (secondary N) is 1. The third-order valence-corrected chi connectivity index (χ3v) is 5.57. The zero-order valence-corrected chi connectivity index (χ0v) is 18.4. The number of rotatable bonds is 5. The number of ether oxygens (including phenoxy) is 2. The molecule has 0 spiro atoms. The third kappa shape index (κ3) is 5.19. The summed E-state index contributed by atoms with van der Waals surface area (Å²) in [6, 6.07) is 20.8. The van der Waals surface area contributed by atoms with E-state index in [0.29, 0.717) is 32.0 Å². The van der Waals surface area contributed by atoms with Crippen molar-refractivity contribution >= 4 is 52.2 Å². The lowest BCUT2D eigenvalue weighted by atomic mass is 10.2. The van der Waals surface area contributed by atoms with Crippen molar-refractivity contribution in [2.45, 2.75) is 0 Å². The molecule has 6 nitrogen and oxygen atoms in total. The SMILES string of the molecule is COc1cc(/C=C2/SC(=Nc3ccccc3)NC2=O)ccc1OC(=O)c1ccc(Cl)cc1. The normalized spacial score (nSPS) is 15.6. The number of para-hydroxylation sites is 1. The minimum atomic E-state index is -0.529. The van der Waals surface area contributed by atoms with Crippen LogP contribution in [0.25, 0.3) is 6.08 Å². The smallest absolute Gasteiger partial charge is 0.343 e. The van der Waals surface area contributed by atoms with E-state index >= 15 is 0 Å². The highest BCUT2D eigenvalue weighted by molar-refractivity contribution is 8.18. The second kappa shape index (κ2) is 9.72. The summed E-state index contributed by atoms with van der Waals surface area (Å²) in [5.74, 6) is -0.131. The molecule has 1 N–H and O–H groups in total. The summed E-state index contributed by atoms with van der Waals surface area (Å²) in [4.78, 5) is 29.6. The van der Waals surface area contributed by atoms with Crippen LogP contribution in [0.15, 0.2) is 82.7 Å². The van der Waals surface area contributed by atoms with E-state index in [9.17, 15) is 9.59 Å². The summed E-state index contributed by atoms with van der Waals surface area (Å²) in [5.41, 5.74) is 1.84. The first-order valence-electron chi connectivity index (χ1n) is 9.52. The van der Waals surface area contributed by atoms with Crippen molar-refractivity contribution in [3.05, 3.63) is 93.9 Å². The van der Waals surface area contributed by atoms with E-state index in [-0.39, 0.29) is 11.7 Å². The maximum absolute atomic E-state index is 12.4. The Kier molecular flexibility index (Phi) is 6.58. The third-order valence-electron chi connectivity index (χ3n) is 4.41. The fourth-order valence-electron chi connectivity index (χ4n) is 2.85. The fourth-order valence-corrected chi connectivity index (χ4v) is 3.82. The van der Waals surface area contributed by atoms with E-state index in [4.69, 9.17) is 21.1 Å². The van der Waals surface area contributed by atoms with Crippen LogP contribution in [0.4, 0.5) is 5.69 Å². The predicted octanol–water partition coefficient (Wildman–Crippen LogP) is 5.46. The number of amidine groups is 1. The molecule has 3 aromatic rings. The van der Waals surface area contributed by atoms with Crippen molar-refractivity contribution in [1.29, 1.82) is 0 Å². The molecule has 1 aliphatic heterocycles. The molecule has 1 fully saturated rings. The zero-order chi connectivity index (χ0) is 22.5. The van der Waals surface area contributed by atoms with Crippen LogP contribution in [-0.4, -0.2) is 24.2 Å². The molecule has 1 amide bonds. The number of halogens is 1. The van der Waals surface area contributed by atoms with Crippen molar-refractivity contribution in [2.75, 3.05) is 7.11 Å². The number of hydrogen-bond donors (Lipinski definition) is 1. The van der Waals surface area contributed by atoms with Gasteiger partial charge >= 0.3 is 5.97 Å². The average molecular weight is 465 g/mol. The predicted molar refractivity (Wildman–Crippen MR) is 127 cm³/mol. The van der Waals surface area contributed by atoms with Crippen LogP contribution in [0, 0.1) is 0 Å². The lowest BCUT2D eigenvalue weighted by Crippen LogP contribution is -2.19. The number of nitrogens with zero attached hydrogens (tertiary/aromatic N) is 1. The molecule has 0 atom stereocenters. The molecule has 4 rings (SSSR count). The molecule has 0 saturated carbocycles. The van der Waals surface area contributed by atoms with Crippen molar-refractivity contribution in [3.63, 3.8) is 0 Å². The topological polar surface area (TPSA) is 77.0 Å². The molecule has 32 heavy (non-hydrogen) atoms. The number of amides is 1. The van der Waals surface area contributed by atoms with Gasteiger partial charge in [-0.3, -0.25) is 4.79 Å². The van der Waals surface area contributed by atoms with Gasteiger partial charge in [-0.15, -0.1) is 0 Å². The maximum Gasteiger partial charge on any atom is 0.343 e. The number of thioether (sulfide) groups is 1. The Labute approximate surface area is 193 Å². The summed E-state index contributed by atoms with van der Waals surface area (Å²) in [6.45, 7) is 0. The summed E-state index contributed by atoms with van der Waals surface area (Å²) in [6.07, 6.45) is 1.72. The largest absolute Gasteiger partial charge is 0.493 e. The lowest BCUT2D eigenvalue weighted by Gasteiger charge is -2.10. The van der Waals surface area contributed by atoms with E-state index in [1.54, 1.807) is 48.5 Å². The van der Waals surface area contributed by atoms with Gasteiger partial charge in [-0.1, -0.05) is 35.9 Å². The molecule has 0 radical (unpaired) electrons. The minimum Gasteiger partial charge on any atom is -0.493 e. The van der Waals surface area contributed by atoms with Crippen molar-refractivity contribution < 1.29 is 19.1 Å². The molecule has 1 aliphatic rings. The Morgan fingerprint density at radius 1 is 1.03 bits per heavy atom. The molecule has 0 bridgehead atoms. The lowest BCUT2D eigenvalue weighted by molar-refractivity contribution is -0.115. The van der Waals surface area contributed by atoms with Crippen molar-refractivity contribution in [1.82, 2.24) is 5.32 Å². The van der Waals surface area contributed by atoms with Gasteiger partial charge in [0.05, 0.1) is 23.3 Å². The Balaban J connectivity index is 1.52. The summed E-state index contributed by atoms with van der Waals surface area (Å²) in [7, 11) is 1.48. The van der Waals surface area contributed by atoms with Crippen LogP contribution in [0.3, 0.4) is 0 Å². The maximum atomic E-state index is 12.4. The van der Waals surface area contributed by atoms with E-state index < -0.39 is 5.97 Å². The minimum absolute atomic E-state index is 0.234. The molecule has 0 aliphatic carbocycles. The Hall–Kier alpha value is -3.55. The molecule has 0 unspecified atom stereocenters. The van der Waals surface area contributed by atoms with E-state index in [1.165, 1.54) is 18.9 Å². The number of benzene rings is 3. The molecule has 0 aromatic heterocycles. The Morgan fingerprint density at radius 3 is 2.50 bits per heavy atom. The number of methoxy groups -OCH3 is 1. The van der Waals surface area contributed by atoms with Gasteiger partial charge in [0, 0.05) is 5.02 Å². The fraction of sp³-hybridized carbons (Fsp3) is 0.0417. The van der Waals surface area contributed by atoms with Gasteiger partial charge in [0.2, 0.25) is 0 Å². The molecule has 1 saturated heterocycles. The van der Waals surface area contributed by atoms with Gasteiger partial charge in [-0.25, -0.2) is 9.79 Å². The zero-order valence-electron chi connectivity index (χ0n) is 16.9. The highest BCUT2D eigenvalue weighted by Crippen LogP contribution is 2.32. The monoisotopic (exact) mass is 464 g/mol. The first kappa shape index (κ1) is 21.7. The van der Waals surface area contributed by atoms with Crippen LogP contribution in [0.5, 0.6) is 11.5 Å².